The maximum atomic E-state index is 14.8. The van der Waals surface area contributed by atoms with Crippen LogP contribution in [-0.2, 0) is 19.1 Å². The number of ketones is 1. The van der Waals surface area contributed by atoms with Crippen molar-refractivity contribution < 1.29 is 29.3 Å². The zero-order valence-corrected chi connectivity index (χ0v) is 22.2. The van der Waals surface area contributed by atoms with Gasteiger partial charge in [-0.15, -0.1) is 0 Å². The Kier molecular flexibility index (Phi) is 5.86. The quantitative estimate of drug-likeness (QED) is 0.483. The lowest BCUT2D eigenvalue weighted by Crippen LogP contribution is -2.79. The van der Waals surface area contributed by atoms with Crippen LogP contribution in [0.25, 0.3) is 6.08 Å². The largest absolute Gasteiger partial charge is 0.447 e. The lowest BCUT2D eigenvalue weighted by molar-refractivity contribution is -0.299. The third kappa shape index (κ3) is 3.07. The maximum absolute atomic E-state index is 14.8. The number of methoxy groups -OCH3 is 1. The van der Waals surface area contributed by atoms with Crippen molar-refractivity contribution in [3.05, 3.63) is 42.0 Å². The Morgan fingerprint density at radius 3 is 2.39 bits per heavy atom. The summed E-state index contributed by atoms with van der Waals surface area (Å²) in [5.41, 5.74) is -2.55. The van der Waals surface area contributed by atoms with Crippen LogP contribution in [0.15, 0.2) is 36.4 Å². The predicted octanol–water partition coefficient (Wildman–Crippen LogP) is 4.04. The molecular weight excluding hydrogens is 456 g/mol. The van der Waals surface area contributed by atoms with E-state index in [1.807, 2.05) is 51.1 Å². The summed E-state index contributed by atoms with van der Waals surface area (Å²) in [4.78, 5) is 28.0. The summed E-state index contributed by atoms with van der Waals surface area (Å²) in [7, 11) is 1.69. The lowest BCUT2D eigenvalue weighted by atomic mass is 9.32. The molecular formula is C30H40O6. The molecule has 1 aromatic carbocycles. The average molecular weight is 497 g/mol. The number of rotatable bonds is 4. The van der Waals surface area contributed by atoms with E-state index >= 15 is 0 Å². The molecule has 0 aromatic heterocycles. The van der Waals surface area contributed by atoms with E-state index in [1.165, 1.54) is 6.08 Å². The first-order valence-electron chi connectivity index (χ1n) is 13.3. The van der Waals surface area contributed by atoms with Crippen LogP contribution >= 0.6 is 0 Å². The van der Waals surface area contributed by atoms with E-state index in [9.17, 15) is 19.8 Å². The first-order valence-corrected chi connectivity index (χ1v) is 13.3. The molecule has 6 heteroatoms. The Morgan fingerprint density at radius 1 is 1.08 bits per heavy atom. The fourth-order valence-corrected chi connectivity index (χ4v) is 8.88. The van der Waals surface area contributed by atoms with Crippen LogP contribution in [0.1, 0.15) is 59.4 Å². The molecule has 6 nitrogen and oxygen atoms in total. The van der Waals surface area contributed by atoms with Gasteiger partial charge in [0.05, 0.1) is 24.2 Å². The predicted molar refractivity (Wildman–Crippen MR) is 136 cm³/mol. The molecule has 0 spiro atoms. The summed E-state index contributed by atoms with van der Waals surface area (Å²) in [5.74, 6) is -1.78. The highest BCUT2D eigenvalue weighted by molar-refractivity contribution is 5.99. The molecule has 4 saturated carbocycles. The fraction of sp³-hybridized carbons (Fsp3) is 0.667. The number of esters is 1. The number of hydrogen-bond donors (Lipinski definition) is 2. The minimum atomic E-state index is -1.58. The van der Waals surface area contributed by atoms with Crippen molar-refractivity contribution in [1.82, 2.24) is 0 Å². The molecule has 4 fully saturated rings. The molecule has 2 N–H and O–H groups in total. The number of fused-ring (bicyclic) bond motifs is 4. The normalized spacial score (nSPS) is 47.0. The fourth-order valence-electron chi connectivity index (χ4n) is 8.88. The molecule has 10 atom stereocenters. The zero-order valence-electron chi connectivity index (χ0n) is 22.2. The van der Waals surface area contributed by atoms with Gasteiger partial charge in [-0.25, -0.2) is 4.79 Å². The van der Waals surface area contributed by atoms with Crippen LogP contribution in [0.3, 0.4) is 0 Å². The standard InChI is InChI=1S/C30H40O6/c1-17-16-30(36-20(31)13-12-18-10-8-7-9-11-18)22(23(17)32)24(33)28(4)15-14-19-21(29(28,5)26(30)34)25(35-6)27(19,2)3/h7-13,17,19,21-25,32-33H,14-16H2,1-6H3. The number of Topliss-reactive ketones (excluding diaryl/α,β-unsaturated/α-hetero) is 1. The highest BCUT2D eigenvalue weighted by atomic mass is 16.6. The Labute approximate surface area is 214 Å². The van der Waals surface area contributed by atoms with Gasteiger partial charge >= 0.3 is 5.97 Å². The van der Waals surface area contributed by atoms with Gasteiger partial charge < -0.3 is 19.7 Å². The van der Waals surface area contributed by atoms with E-state index in [-0.39, 0.29) is 41.5 Å². The Hall–Kier alpha value is -2.02. The van der Waals surface area contributed by atoms with E-state index < -0.39 is 40.5 Å². The molecule has 36 heavy (non-hydrogen) atoms. The highest BCUT2D eigenvalue weighted by Crippen LogP contribution is 2.74. The monoisotopic (exact) mass is 496 g/mol. The van der Waals surface area contributed by atoms with Gasteiger partial charge in [0.1, 0.15) is 0 Å². The third-order valence-corrected chi connectivity index (χ3v) is 11.0. The summed E-state index contributed by atoms with van der Waals surface area (Å²) in [6.07, 6.45) is 2.67. The molecule has 0 radical (unpaired) electrons. The number of carbonyl (C=O) groups excluding carboxylic acids is 2. The summed E-state index contributed by atoms with van der Waals surface area (Å²) in [5, 5.41) is 23.2. The maximum Gasteiger partial charge on any atom is 0.331 e. The van der Waals surface area contributed by atoms with Crippen LogP contribution in [0.5, 0.6) is 0 Å². The van der Waals surface area contributed by atoms with Crippen LogP contribution in [0.4, 0.5) is 0 Å². The van der Waals surface area contributed by atoms with E-state index in [0.29, 0.717) is 6.42 Å². The molecule has 5 rings (SSSR count). The molecule has 1 aromatic rings. The first-order chi connectivity index (χ1) is 16.9. The Morgan fingerprint density at radius 2 is 1.75 bits per heavy atom. The molecule has 4 aliphatic carbocycles. The first kappa shape index (κ1) is 25.6. The van der Waals surface area contributed by atoms with Gasteiger partial charge in [-0.1, -0.05) is 65.0 Å². The number of aliphatic hydroxyl groups is 2. The summed E-state index contributed by atoms with van der Waals surface area (Å²) in [6.45, 7) is 10.2. The van der Waals surface area contributed by atoms with Gasteiger partial charge in [0.25, 0.3) is 0 Å². The van der Waals surface area contributed by atoms with Crippen LogP contribution in [0, 0.1) is 39.9 Å². The van der Waals surface area contributed by atoms with Crippen LogP contribution in [-0.4, -0.2) is 53.0 Å². The van der Waals surface area contributed by atoms with E-state index in [1.54, 1.807) is 13.2 Å². The molecule has 10 unspecified atom stereocenters. The lowest BCUT2D eigenvalue weighted by Gasteiger charge is -2.73. The average Bonchev–Trinajstić information content (AvgIpc) is 3.09. The van der Waals surface area contributed by atoms with Gasteiger partial charge in [0.15, 0.2) is 11.4 Å². The smallest absolute Gasteiger partial charge is 0.331 e. The molecule has 0 amide bonds. The van der Waals surface area contributed by atoms with Gasteiger partial charge in [-0.2, -0.15) is 0 Å². The van der Waals surface area contributed by atoms with Crippen molar-refractivity contribution in [3.8, 4) is 0 Å². The van der Waals surface area contributed by atoms with Crippen molar-refractivity contribution >= 4 is 17.8 Å². The van der Waals surface area contributed by atoms with Crippen molar-refractivity contribution in [3.63, 3.8) is 0 Å². The van der Waals surface area contributed by atoms with Gasteiger partial charge in [0, 0.05) is 29.9 Å². The van der Waals surface area contributed by atoms with Gasteiger partial charge in [0.2, 0.25) is 0 Å². The van der Waals surface area contributed by atoms with Crippen molar-refractivity contribution in [2.75, 3.05) is 7.11 Å². The number of hydrogen-bond acceptors (Lipinski definition) is 6. The second-order valence-electron chi connectivity index (χ2n) is 12.8. The van der Waals surface area contributed by atoms with E-state index in [0.717, 1.165) is 12.0 Å². The topological polar surface area (TPSA) is 93.1 Å². The Balaban J connectivity index is 1.57. The molecule has 0 aliphatic heterocycles. The van der Waals surface area contributed by atoms with E-state index in [4.69, 9.17) is 9.47 Å². The third-order valence-electron chi connectivity index (χ3n) is 11.0. The van der Waals surface area contributed by atoms with Crippen molar-refractivity contribution in [2.24, 2.45) is 39.9 Å². The van der Waals surface area contributed by atoms with Gasteiger partial charge in [-0.3, -0.25) is 4.79 Å². The van der Waals surface area contributed by atoms with Crippen LogP contribution in [0.2, 0.25) is 0 Å². The highest BCUT2D eigenvalue weighted by Gasteiger charge is 2.81. The number of aliphatic hydroxyl groups excluding tert-OH is 2. The van der Waals surface area contributed by atoms with Crippen molar-refractivity contribution in [2.45, 2.75) is 77.8 Å². The second kappa shape index (κ2) is 8.24. The zero-order chi connectivity index (χ0) is 26.3. The second-order valence-corrected chi connectivity index (χ2v) is 12.8. The minimum Gasteiger partial charge on any atom is -0.447 e. The summed E-state index contributed by atoms with van der Waals surface area (Å²) in [6, 6.07) is 9.40. The minimum absolute atomic E-state index is 0.0867. The molecule has 0 saturated heterocycles. The number of ether oxygens (including phenoxy) is 2. The van der Waals surface area contributed by atoms with E-state index in [2.05, 4.69) is 13.8 Å². The van der Waals surface area contributed by atoms with Gasteiger partial charge in [-0.05, 0) is 48.2 Å². The summed E-state index contributed by atoms with van der Waals surface area (Å²) >= 11 is 0. The van der Waals surface area contributed by atoms with Crippen molar-refractivity contribution in [1.29, 1.82) is 0 Å². The molecule has 0 bridgehead atoms. The number of carbonyl (C=O) groups is 2. The Bertz CT molecular complexity index is 1070. The SMILES string of the molecule is COC1C2C(CCC3(C)C(O)C4C(O)C(C)CC4(OC(=O)C=Cc4ccccc4)C(=O)C23C)C1(C)C. The molecule has 0 heterocycles. The summed E-state index contributed by atoms with van der Waals surface area (Å²) < 4.78 is 12.1. The van der Waals surface area contributed by atoms with Crippen LogP contribution < -0.4 is 0 Å². The molecule has 196 valence electrons. The molecule has 4 aliphatic rings. The number of benzene rings is 1.